The maximum Gasteiger partial charge on any atom is 0.263 e. The quantitative estimate of drug-likeness (QED) is 0.624. The van der Waals surface area contributed by atoms with Crippen molar-refractivity contribution in [2.75, 3.05) is 37.7 Å². The summed E-state index contributed by atoms with van der Waals surface area (Å²) >= 11 is 1.18. The van der Waals surface area contributed by atoms with Gasteiger partial charge in [-0.1, -0.05) is 0 Å². The first-order valence-corrected chi connectivity index (χ1v) is 7.71. The molecular weight excluding hydrogens is 290 g/mol. The van der Waals surface area contributed by atoms with Crippen LogP contribution in [0, 0.1) is 0 Å². The van der Waals surface area contributed by atoms with Gasteiger partial charge in [0.2, 0.25) is 0 Å². The molecule has 2 heterocycles. The Labute approximate surface area is 127 Å². The van der Waals surface area contributed by atoms with Gasteiger partial charge >= 0.3 is 0 Å². The molecule has 0 bridgehead atoms. The number of thiophene rings is 1. The third-order valence-electron chi connectivity index (χ3n) is 3.46. The van der Waals surface area contributed by atoms with Crippen LogP contribution in [-0.4, -0.2) is 49.4 Å². The van der Waals surface area contributed by atoms with E-state index in [2.05, 4.69) is 15.5 Å². The monoisotopic (exact) mass is 311 g/mol. The number of likely N-dealkylation sites (tertiary alicyclic amines) is 1. The Morgan fingerprint density at radius 2 is 2.19 bits per heavy atom. The highest BCUT2D eigenvalue weighted by Crippen LogP contribution is 2.36. The summed E-state index contributed by atoms with van der Waals surface area (Å²) in [5.41, 5.74) is 11.7. The molecular formula is C13H21N5O2S. The van der Waals surface area contributed by atoms with Gasteiger partial charge in [-0.2, -0.15) is 0 Å². The summed E-state index contributed by atoms with van der Waals surface area (Å²) in [6, 6.07) is 0.230. The van der Waals surface area contributed by atoms with Gasteiger partial charge in [-0.05, 0) is 26.9 Å². The number of rotatable bonds is 5. The number of hydrogen-bond donors (Lipinski definition) is 4. The van der Waals surface area contributed by atoms with Gasteiger partial charge in [0.1, 0.15) is 9.88 Å². The van der Waals surface area contributed by atoms with E-state index in [1.807, 2.05) is 14.0 Å². The Morgan fingerprint density at radius 3 is 2.71 bits per heavy atom. The van der Waals surface area contributed by atoms with Gasteiger partial charge < -0.3 is 27.0 Å². The lowest BCUT2D eigenvalue weighted by molar-refractivity contribution is 0.0960. The molecule has 8 heteroatoms. The fraction of sp³-hybridized carbons (Fsp3) is 0.538. The largest absolute Gasteiger partial charge is 0.397 e. The number of nitrogens with two attached hydrogens (primary N) is 2. The van der Waals surface area contributed by atoms with E-state index in [-0.39, 0.29) is 23.2 Å². The Bertz CT molecular complexity index is 557. The van der Waals surface area contributed by atoms with Crippen molar-refractivity contribution >= 4 is 33.8 Å². The number of anilines is 2. The first kappa shape index (κ1) is 15.6. The van der Waals surface area contributed by atoms with E-state index in [1.165, 1.54) is 11.3 Å². The molecule has 1 atom stereocenters. The second kappa shape index (κ2) is 6.31. The van der Waals surface area contributed by atoms with E-state index >= 15 is 0 Å². The summed E-state index contributed by atoms with van der Waals surface area (Å²) < 4.78 is 0. The summed E-state index contributed by atoms with van der Waals surface area (Å²) in [7, 11) is 2.04. The highest BCUT2D eigenvalue weighted by atomic mass is 32.1. The van der Waals surface area contributed by atoms with Crippen LogP contribution in [0.4, 0.5) is 10.7 Å². The fourth-order valence-corrected chi connectivity index (χ4v) is 3.56. The zero-order valence-corrected chi connectivity index (χ0v) is 13.0. The molecule has 6 N–H and O–H groups in total. The molecule has 116 valence electrons. The SMILES string of the molecule is CCNC(=O)c1sc(NC2CCN(C)C2)c(C(N)=O)c1N. The van der Waals surface area contributed by atoms with Crippen molar-refractivity contribution in [2.24, 2.45) is 5.73 Å². The predicted molar refractivity (Wildman–Crippen MR) is 84.8 cm³/mol. The molecule has 1 aliphatic rings. The van der Waals surface area contributed by atoms with Crippen molar-refractivity contribution < 1.29 is 9.59 Å². The topological polar surface area (TPSA) is 113 Å². The van der Waals surface area contributed by atoms with Crippen LogP contribution in [0.5, 0.6) is 0 Å². The van der Waals surface area contributed by atoms with E-state index in [0.717, 1.165) is 19.5 Å². The van der Waals surface area contributed by atoms with E-state index in [1.54, 1.807) is 0 Å². The lowest BCUT2D eigenvalue weighted by Crippen LogP contribution is -2.24. The maximum atomic E-state index is 12.0. The van der Waals surface area contributed by atoms with Crippen LogP contribution in [0.15, 0.2) is 0 Å². The van der Waals surface area contributed by atoms with Crippen LogP contribution in [0.1, 0.15) is 33.4 Å². The molecule has 1 aromatic heterocycles. The second-order valence-corrected chi connectivity index (χ2v) is 6.19. The molecule has 2 amide bonds. The summed E-state index contributed by atoms with van der Waals surface area (Å²) in [5, 5.41) is 6.57. The van der Waals surface area contributed by atoms with Gasteiger partial charge in [-0.15, -0.1) is 11.3 Å². The van der Waals surface area contributed by atoms with Crippen LogP contribution in [0.3, 0.4) is 0 Å². The van der Waals surface area contributed by atoms with Crippen molar-refractivity contribution in [3.8, 4) is 0 Å². The first-order chi connectivity index (χ1) is 9.93. The zero-order valence-electron chi connectivity index (χ0n) is 12.2. The fourth-order valence-electron chi connectivity index (χ4n) is 2.44. The number of primary amides is 1. The highest BCUT2D eigenvalue weighted by Gasteiger charge is 2.27. The Kier molecular flexibility index (Phi) is 4.69. The average Bonchev–Trinajstić information content (AvgIpc) is 2.94. The van der Waals surface area contributed by atoms with E-state index in [9.17, 15) is 9.59 Å². The Hall–Kier alpha value is -1.80. The van der Waals surface area contributed by atoms with Crippen LogP contribution in [0.2, 0.25) is 0 Å². The van der Waals surface area contributed by atoms with Crippen molar-refractivity contribution in [3.05, 3.63) is 10.4 Å². The van der Waals surface area contributed by atoms with Gasteiger partial charge in [0.05, 0.1) is 11.3 Å². The number of nitrogens with one attached hydrogen (secondary N) is 2. The van der Waals surface area contributed by atoms with Gasteiger partial charge in [0.25, 0.3) is 11.8 Å². The molecule has 1 aromatic rings. The molecule has 0 aliphatic carbocycles. The Morgan fingerprint density at radius 1 is 1.48 bits per heavy atom. The minimum atomic E-state index is -0.617. The first-order valence-electron chi connectivity index (χ1n) is 6.89. The molecule has 0 saturated carbocycles. The van der Waals surface area contributed by atoms with Crippen molar-refractivity contribution in [1.82, 2.24) is 10.2 Å². The highest BCUT2D eigenvalue weighted by molar-refractivity contribution is 7.19. The molecule has 1 fully saturated rings. The minimum Gasteiger partial charge on any atom is -0.397 e. The smallest absolute Gasteiger partial charge is 0.263 e. The van der Waals surface area contributed by atoms with E-state index < -0.39 is 5.91 Å². The molecule has 21 heavy (non-hydrogen) atoms. The van der Waals surface area contributed by atoms with E-state index in [0.29, 0.717) is 16.4 Å². The Balaban J connectivity index is 2.29. The predicted octanol–water partition coefficient (Wildman–Crippen LogP) is 0.295. The van der Waals surface area contributed by atoms with Crippen LogP contribution in [-0.2, 0) is 0 Å². The molecule has 1 unspecified atom stereocenters. The van der Waals surface area contributed by atoms with Crippen LogP contribution < -0.4 is 22.1 Å². The van der Waals surface area contributed by atoms with Crippen molar-refractivity contribution in [1.29, 1.82) is 0 Å². The maximum absolute atomic E-state index is 12.0. The second-order valence-electron chi connectivity index (χ2n) is 5.16. The lowest BCUT2D eigenvalue weighted by Gasteiger charge is -2.13. The summed E-state index contributed by atoms with van der Waals surface area (Å²) in [6.45, 7) is 4.20. The number of amides is 2. The molecule has 1 aliphatic heterocycles. The number of likely N-dealkylation sites (N-methyl/N-ethyl adjacent to an activating group) is 1. The number of nitrogens with zero attached hydrogens (tertiary/aromatic N) is 1. The van der Waals surface area contributed by atoms with E-state index in [4.69, 9.17) is 11.5 Å². The number of nitrogen functional groups attached to an aromatic ring is 1. The molecule has 1 saturated heterocycles. The zero-order chi connectivity index (χ0) is 15.6. The molecule has 7 nitrogen and oxygen atoms in total. The molecule has 0 radical (unpaired) electrons. The van der Waals surface area contributed by atoms with Gasteiger partial charge in [0.15, 0.2) is 0 Å². The average molecular weight is 311 g/mol. The van der Waals surface area contributed by atoms with Crippen LogP contribution in [0.25, 0.3) is 0 Å². The summed E-state index contributed by atoms with van der Waals surface area (Å²) in [4.78, 5) is 26.1. The van der Waals surface area contributed by atoms with Crippen molar-refractivity contribution in [3.63, 3.8) is 0 Å². The van der Waals surface area contributed by atoms with Crippen LogP contribution >= 0.6 is 11.3 Å². The third-order valence-corrected chi connectivity index (χ3v) is 4.60. The van der Waals surface area contributed by atoms with Gasteiger partial charge in [-0.3, -0.25) is 9.59 Å². The summed E-state index contributed by atoms with van der Waals surface area (Å²) in [5.74, 6) is -0.896. The standard InChI is InChI=1S/C13H21N5O2S/c1-3-16-12(20)10-9(14)8(11(15)19)13(21-10)17-7-4-5-18(2)6-7/h7,17H,3-6,14H2,1-2H3,(H2,15,19)(H,16,20). The molecule has 0 spiro atoms. The number of carbonyl (C=O) groups is 2. The summed E-state index contributed by atoms with van der Waals surface area (Å²) in [6.07, 6.45) is 0.975. The van der Waals surface area contributed by atoms with Gasteiger partial charge in [-0.25, -0.2) is 0 Å². The lowest BCUT2D eigenvalue weighted by atomic mass is 10.2. The normalized spacial score (nSPS) is 18.7. The number of carbonyl (C=O) groups excluding carboxylic acids is 2. The van der Waals surface area contributed by atoms with Crippen molar-refractivity contribution in [2.45, 2.75) is 19.4 Å². The molecule has 2 rings (SSSR count). The van der Waals surface area contributed by atoms with Gasteiger partial charge in [0, 0.05) is 19.1 Å². The third kappa shape index (κ3) is 3.27. The molecule has 0 aromatic carbocycles. The number of hydrogen-bond acceptors (Lipinski definition) is 6. The minimum absolute atomic E-state index is 0.160.